The van der Waals surface area contributed by atoms with E-state index in [1.54, 1.807) is 0 Å². The van der Waals surface area contributed by atoms with E-state index in [2.05, 4.69) is 30.6 Å². The second-order valence-corrected chi connectivity index (χ2v) is 5.77. The molecule has 88 valence electrons. The molecule has 2 aliphatic heterocycles. The second-order valence-electron chi connectivity index (χ2n) is 5.77. The SMILES string of the molecule is CC(C)(C)N1CC(N2C[C@@H](O)[C@@H](F)C2)C1. The number of rotatable bonds is 1. The van der Waals surface area contributed by atoms with Gasteiger partial charge in [0.15, 0.2) is 0 Å². The number of aliphatic hydroxyl groups is 1. The Morgan fingerprint density at radius 1 is 1.13 bits per heavy atom. The van der Waals surface area contributed by atoms with Gasteiger partial charge in [-0.15, -0.1) is 0 Å². The lowest BCUT2D eigenvalue weighted by atomic mass is 9.97. The van der Waals surface area contributed by atoms with Crippen LogP contribution in [0.15, 0.2) is 0 Å². The molecule has 2 saturated heterocycles. The molecule has 0 amide bonds. The number of β-amino-alcohol motifs (C(OH)–C–C–N with tert-alkyl or cyclic N) is 1. The first kappa shape index (κ1) is 11.3. The number of aliphatic hydroxyl groups excluding tert-OH is 1. The van der Waals surface area contributed by atoms with E-state index >= 15 is 0 Å². The first-order chi connectivity index (χ1) is 6.88. The van der Waals surface area contributed by atoms with Crippen LogP contribution in [-0.2, 0) is 0 Å². The molecule has 2 rings (SSSR count). The van der Waals surface area contributed by atoms with E-state index in [0.717, 1.165) is 13.1 Å². The standard InChI is InChI=1S/C11H21FN2O/c1-11(2,3)14-4-8(5-14)13-6-9(12)10(15)7-13/h8-10,15H,4-7H2,1-3H3/t9-,10+/m0/s1. The van der Waals surface area contributed by atoms with E-state index < -0.39 is 12.3 Å². The molecular weight excluding hydrogens is 195 g/mol. The van der Waals surface area contributed by atoms with E-state index in [-0.39, 0.29) is 5.54 Å². The molecule has 0 radical (unpaired) electrons. The van der Waals surface area contributed by atoms with Gasteiger partial charge in [0, 0.05) is 37.8 Å². The Morgan fingerprint density at radius 3 is 2.13 bits per heavy atom. The van der Waals surface area contributed by atoms with Crippen molar-refractivity contribution in [3.8, 4) is 0 Å². The van der Waals surface area contributed by atoms with Gasteiger partial charge in [-0.05, 0) is 20.8 Å². The quantitative estimate of drug-likeness (QED) is 0.691. The molecule has 2 fully saturated rings. The summed E-state index contributed by atoms with van der Waals surface area (Å²) in [6, 6.07) is 0.444. The van der Waals surface area contributed by atoms with Crippen LogP contribution in [0.4, 0.5) is 4.39 Å². The molecule has 0 aromatic rings. The van der Waals surface area contributed by atoms with Crippen LogP contribution in [0.5, 0.6) is 0 Å². The Labute approximate surface area is 90.9 Å². The van der Waals surface area contributed by atoms with Crippen molar-refractivity contribution in [3.63, 3.8) is 0 Å². The van der Waals surface area contributed by atoms with Crippen LogP contribution in [0, 0.1) is 0 Å². The predicted molar refractivity (Wildman–Crippen MR) is 57.6 cm³/mol. The zero-order valence-corrected chi connectivity index (χ0v) is 9.78. The van der Waals surface area contributed by atoms with Crippen LogP contribution in [0.1, 0.15) is 20.8 Å². The van der Waals surface area contributed by atoms with Crippen molar-refractivity contribution in [2.45, 2.75) is 44.6 Å². The summed E-state index contributed by atoms with van der Waals surface area (Å²) in [6.45, 7) is 9.50. The normalized spacial score (nSPS) is 35.8. The average Bonchev–Trinajstić information content (AvgIpc) is 2.25. The minimum atomic E-state index is -1.05. The van der Waals surface area contributed by atoms with Gasteiger partial charge >= 0.3 is 0 Å². The predicted octanol–water partition coefficient (Wildman–Crippen LogP) is 0.484. The van der Waals surface area contributed by atoms with Gasteiger partial charge in [-0.1, -0.05) is 0 Å². The third-order valence-electron chi connectivity index (χ3n) is 3.58. The molecule has 0 saturated carbocycles. The lowest BCUT2D eigenvalue weighted by Gasteiger charge is -2.50. The number of hydrogen-bond acceptors (Lipinski definition) is 3. The summed E-state index contributed by atoms with van der Waals surface area (Å²) in [5.41, 5.74) is 0.212. The highest BCUT2D eigenvalue weighted by Gasteiger charge is 2.42. The van der Waals surface area contributed by atoms with Gasteiger partial charge < -0.3 is 5.11 Å². The minimum Gasteiger partial charge on any atom is -0.389 e. The van der Waals surface area contributed by atoms with Crippen LogP contribution in [0.2, 0.25) is 0 Å². The van der Waals surface area contributed by atoms with Crippen molar-refractivity contribution >= 4 is 0 Å². The summed E-state index contributed by atoms with van der Waals surface area (Å²) in [7, 11) is 0. The van der Waals surface area contributed by atoms with Crippen LogP contribution in [0.25, 0.3) is 0 Å². The van der Waals surface area contributed by atoms with Crippen LogP contribution in [-0.4, -0.2) is 64.9 Å². The van der Waals surface area contributed by atoms with Crippen LogP contribution < -0.4 is 0 Å². The molecule has 1 N–H and O–H groups in total. The van der Waals surface area contributed by atoms with Gasteiger partial charge in [-0.2, -0.15) is 0 Å². The number of likely N-dealkylation sites (tertiary alicyclic amines) is 2. The lowest BCUT2D eigenvalue weighted by molar-refractivity contribution is -0.0175. The molecule has 4 heteroatoms. The fourth-order valence-electron chi connectivity index (χ4n) is 2.31. The zero-order chi connectivity index (χ0) is 11.2. The van der Waals surface area contributed by atoms with E-state index in [9.17, 15) is 9.50 Å². The Kier molecular flexibility index (Phi) is 2.77. The maximum absolute atomic E-state index is 13.1. The number of nitrogens with zero attached hydrogens (tertiary/aromatic N) is 2. The molecule has 3 nitrogen and oxygen atoms in total. The van der Waals surface area contributed by atoms with Crippen LogP contribution >= 0.6 is 0 Å². The Morgan fingerprint density at radius 2 is 1.73 bits per heavy atom. The topological polar surface area (TPSA) is 26.7 Å². The van der Waals surface area contributed by atoms with E-state index in [1.807, 2.05) is 0 Å². The molecule has 0 aromatic carbocycles. The van der Waals surface area contributed by atoms with Crippen LogP contribution in [0.3, 0.4) is 0 Å². The highest BCUT2D eigenvalue weighted by Crippen LogP contribution is 2.27. The summed E-state index contributed by atoms with van der Waals surface area (Å²) in [5, 5.41) is 9.33. The van der Waals surface area contributed by atoms with Gasteiger partial charge in [0.1, 0.15) is 6.17 Å². The van der Waals surface area contributed by atoms with Crippen molar-refractivity contribution < 1.29 is 9.50 Å². The minimum absolute atomic E-state index is 0.212. The van der Waals surface area contributed by atoms with Gasteiger partial charge in [0.2, 0.25) is 0 Å². The largest absolute Gasteiger partial charge is 0.389 e. The van der Waals surface area contributed by atoms with E-state index in [0.29, 0.717) is 19.1 Å². The molecule has 0 bridgehead atoms. The Bertz CT molecular complexity index is 225. The third-order valence-corrected chi connectivity index (χ3v) is 3.58. The molecule has 2 heterocycles. The average molecular weight is 216 g/mol. The maximum Gasteiger partial charge on any atom is 0.140 e. The molecule has 0 aromatic heterocycles. The first-order valence-corrected chi connectivity index (χ1v) is 5.69. The summed E-state index contributed by atoms with van der Waals surface area (Å²) in [5.74, 6) is 0. The van der Waals surface area contributed by atoms with Gasteiger partial charge in [-0.25, -0.2) is 4.39 Å². The highest BCUT2D eigenvalue weighted by molar-refractivity contribution is 4.98. The number of alkyl halides is 1. The summed E-state index contributed by atoms with van der Waals surface area (Å²) < 4.78 is 13.1. The monoisotopic (exact) mass is 216 g/mol. The number of hydrogen-bond donors (Lipinski definition) is 1. The van der Waals surface area contributed by atoms with Crippen molar-refractivity contribution in [2.75, 3.05) is 26.2 Å². The highest BCUT2D eigenvalue weighted by atomic mass is 19.1. The summed E-state index contributed by atoms with van der Waals surface area (Å²) in [4.78, 5) is 4.47. The fourth-order valence-corrected chi connectivity index (χ4v) is 2.31. The first-order valence-electron chi connectivity index (χ1n) is 5.69. The summed E-state index contributed by atoms with van der Waals surface area (Å²) >= 11 is 0. The molecule has 2 atom stereocenters. The molecule has 0 spiro atoms. The Balaban J connectivity index is 1.81. The third kappa shape index (κ3) is 2.17. The van der Waals surface area contributed by atoms with Gasteiger partial charge in [0.05, 0.1) is 6.10 Å². The van der Waals surface area contributed by atoms with E-state index in [4.69, 9.17) is 0 Å². The van der Waals surface area contributed by atoms with Gasteiger partial charge in [0.25, 0.3) is 0 Å². The summed E-state index contributed by atoms with van der Waals surface area (Å²) in [6.07, 6.45) is -1.82. The Hall–Kier alpha value is -0.190. The molecular formula is C11H21FN2O. The fraction of sp³-hybridized carbons (Fsp3) is 1.00. The van der Waals surface area contributed by atoms with Crippen molar-refractivity contribution in [1.29, 1.82) is 0 Å². The molecule has 15 heavy (non-hydrogen) atoms. The van der Waals surface area contributed by atoms with Crippen molar-refractivity contribution in [2.24, 2.45) is 0 Å². The molecule has 2 aliphatic rings. The van der Waals surface area contributed by atoms with Crippen molar-refractivity contribution in [3.05, 3.63) is 0 Å². The van der Waals surface area contributed by atoms with Gasteiger partial charge in [-0.3, -0.25) is 9.80 Å². The second kappa shape index (κ2) is 3.68. The van der Waals surface area contributed by atoms with Crippen molar-refractivity contribution in [1.82, 2.24) is 9.80 Å². The number of halogens is 1. The maximum atomic E-state index is 13.1. The molecule has 0 unspecified atom stereocenters. The zero-order valence-electron chi connectivity index (χ0n) is 9.78. The lowest BCUT2D eigenvalue weighted by Crippen LogP contribution is -2.64. The van der Waals surface area contributed by atoms with E-state index in [1.165, 1.54) is 0 Å². The smallest absolute Gasteiger partial charge is 0.140 e. The molecule has 0 aliphatic carbocycles.